The van der Waals surface area contributed by atoms with Gasteiger partial charge in [0.1, 0.15) is 0 Å². The average Bonchev–Trinajstić information content (AvgIpc) is 3.22. The van der Waals surface area contributed by atoms with E-state index in [-0.39, 0.29) is 11.6 Å². The largest absolute Gasteiger partial charge is 0.355 e. The maximum absolute atomic E-state index is 12.3. The molecule has 0 saturated heterocycles. The number of fused-ring (bicyclic) bond motifs is 1. The van der Waals surface area contributed by atoms with Crippen LogP contribution in [0.1, 0.15) is 10.5 Å². The molecule has 7 heteroatoms. The lowest BCUT2D eigenvalue weighted by atomic mass is 10.1. The molecule has 0 saturated carbocycles. The van der Waals surface area contributed by atoms with Crippen molar-refractivity contribution in [1.29, 1.82) is 0 Å². The SMILES string of the molecule is O=C(Nc1nc2ccc(Br)cc2s1)c1cc(-c2ccccc2)on1. The van der Waals surface area contributed by atoms with E-state index in [9.17, 15) is 4.79 Å². The number of halogens is 1. The quantitative estimate of drug-likeness (QED) is 0.528. The maximum atomic E-state index is 12.3. The zero-order chi connectivity index (χ0) is 16.5. The summed E-state index contributed by atoms with van der Waals surface area (Å²) < 4.78 is 7.21. The second kappa shape index (κ2) is 6.18. The monoisotopic (exact) mass is 399 g/mol. The molecule has 1 amide bonds. The molecule has 4 aromatic rings. The molecule has 0 atom stereocenters. The van der Waals surface area contributed by atoms with Gasteiger partial charge in [0.2, 0.25) is 0 Å². The molecule has 0 fully saturated rings. The van der Waals surface area contributed by atoms with Crippen LogP contribution in [0, 0.1) is 0 Å². The van der Waals surface area contributed by atoms with E-state index in [1.54, 1.807) is 6.07 Å². The smallest absolute Gasteiger partial charge is 0.279 e. The van der Waals surface area contributed by atoms with E-state index in [1.165, 1.54) is 11.3 Å². The van der Waals surface area contributed by atoms with Gasteiger partial charge in [-0.05, 0) is 18.2 Å². The highest BCUT2D eigenvalue weighted by Gasteiger charge is 2.15. The fraction of sp³-hybridized carbons (Fsp3) is 0. The van der Waals surface area contributed by atoms with Crippen LogP contribution in [0.5, 0.6) is 0 Å². The lowest BCUT2D eigenvalue weighted by Crippen LogP contribution is -2.11. The van der Waals surface area contributed by atoms with Gasteiger partial charge in [-0.15, -0.1) is 0 Å². The Kier molecular flexibility index (Phi) is 3.87. The molecule has 0 unspecified atom stereocenters. The van der Waals surface area contributed by atoms with Crippen LogP contribution in [0.2, 0.25) is 0 Å². The van der Waals surface area contributed by atoms with Crippen LogP contribution in [0.4, 0.5) is 5.13 Å². The highest BCUT2D eigenvalue weighted by molar-refractivity contribution is 9.10. The number of nitrogens with one attached hydrogen (secondary N) is 1. The lowest BCUT2D eigenvalue weighted by molar-refractivity contribution is 0.101. The van der Waals surface area contributed by atoms with Gasteiger partial charge in [0.05, 0.1) is 10.2 Å². The van der Waals surface area contributed by atoms with E-state index in [1.807, 2.05) is 48.5 Å². The molecular weight excluding hydrogens is 390 g/mol. The van der Waals surface area contributed by atoms with Gasteiger partial charge in [0, 0.05) is 16.1 Å². The number of carbonyl (C=O) groups excluding carboxylic acids is 1. The Labute approximate surface area is 149 Å². The highest BCUT2D eigenvalue weighted by Crippen LogP contribution is 2.29. The second-order valence-electron chi connectivity index (χ2n) is 5.03. The molecule has 4 rings (SSSR count). The van der Waals surface area contributed by atoms with Crippen molar-refractivity contribution in [3.8, 4) is 11.3 Å². The maximum Gasteiger partial charge on any atom is 0.279 e. The molecule has 0 aliphatic rings. The van der Waals surface area contributed by atoms with Gasteiger partial charge in [-0.1, -0.05) is 62.8 Å². The summed E-state index contributed by atoms with van der Waals surface area (Å²) in [6.45, 7) is 0. The minimum atomic E-state index is -0.348. The topological polar surface area (TPSA) is 68.0 Å². The van der Waals surface area contributed by atoms with E-state index < -0.39 is 0 Å². The van der Waals surface area contributed by atoms with Gasteiger partial charge >= 0.3 is 0 Å². The Hall–Kier alpha value is -2.51. The van der Waals surface area contributed by atoms with E-state index in [0.717, 1.165) is 20.3 Å². The first kappa shape index (κ1) is 15.0. The zero-order valence-corrected chi connectivity index (χ0v) is 14.6. The number of hydrogen-bond acceptors (Lipinski definition) is 5. The molecule has 118 valence electrons. The van der Waals surface area contributed by atoms with Gasteiger partial charge in [-0.2, -0.15) is 0 Å². The number of anilines is 1. The van der Waals surface area contributed by atoms with Crippen molar-refractivity contribution in [2.75, 3.05) is 5.32 Å². The minimum absolute atomic E-state index is 0.217. The normalized spacial score (nSPS) is 10.9. The molecule has 0 spiro atoms. The Morgan fingerprint density at radius 3 is 2.79 bits per heavy atom. The zero-order valence-electron chi connectivity index (χ0n) is 12.2. The third-order valence-electron chi connectivity index (χ3n) is 3.37. The summed E-state index contributed by atoms with van der Waals surface area (Å²) in [5.74, 6) is 0.202. The summed E-state index contributed by atoms with van der Waals surface area (Å²) in [6, 6.07) is 16.9. The predicted molar refractivity (Wildman–Crippen MR) is 97.2 cm³/mol. The minimum Gasteiger partial charge on any atom is -0.355 e. The second-order valence-corrected chi connectivity index (χ2v) is 6.97. The van der Waals surface area contributed by atoms with Crippen LogP contribution in [-0.4, -0.2) is 16.0 Å². The van der Waals surface area contributed by atoms with Crippen LogP contribution in [0.25, 0.3) is 21.5 Å². The third-order valence-corrected chi connectivity index (χ3v) is 4.80. The first-order valence-corrected chi connectivity index (χ1v) is 8.69. The summed E-state index contributed by atoms with van der Waals surface area (Å²) in [5, 5.41) is 7.13. The summed E-state index contributed by atoms with van der Waals surface area (Å²) >= 11 is 4.83. The number of nitrogens with zero attached hydrogens (tertiary/aromatic N) is 2. The van der Waals surface area contributed by atoms with E-state index in [4.69, 9.17) is 4.52 Å². The van der Waals surface area contributed by atoms with Gasteiger partial charge in [-0.3, -0.25) is 10.1 Å². The molecule has 5 nitrogen and oxygen atoms in total. The molecular formula is C17H10BrN3O2S. The molecule has 2 aromatic heterocycles. The number of amides is 1. The van der Waals surface area contributed by atoms with Gasteiger partial charge in [0.25, 0.3) is 5.91 Å². The van der Waals surface area contributed by atoms with Gasteiger partial charge < -0.3 is 4.52 Å². The van der Waals surface area contributed by atoms with Crippen molar-refractivity contribution in [2.24, 2.45) is 0 Å². The number of aromatic nitrogens is 2. The Morgan fingerprint density at radius 2 is 1.96 bits per heavy atom. The van der Waals surface area contributed by atoms with Crippen molar-refractivity contribution in [3.63, 3.8) is 0 Å². The Balaban J connectivity index is 1.56. The van der Waals surface area contributed by atoms with Crippen LogP contribution in [-0.2, 0) is 0 Å². The Morgan fingerprint density at radius 1 is 1.12 bits per heavy atom. The fourth-order valence-electron chi connectivity index (χ4n) is 2.23. The molecule has 2 heterocycles. The first-order chi connectivity index (χ1) is 11.7. The van der Waals surface area contributed by atoms with E-state index >= 15 is 0 Å². The summed E-state index contributed by atoms with van der Waals surface area (Å²) in [6.07, 6.45) is 0. The number of hydrogen-bond donors (Lipinski definition) is 1. The van der Waals surface area contributed by atoms with Crippen LogP contribution < -0.4 is 5.32 Å². The molecule has 0 radical (unpaired) electrons. The Bertz CT molecular complexity index is 1030. The first-order valence-electron chi connectivity index (χ1n) is 7.08. The van der Waals surface area contributed by atoms with Crippen LogP contribution in [0.15, 0.2) is 63.6 Å². The molecule has 0 aliphatic heterocycles. The number of benzene rings is 2. The number of thiazole rings is 1. The number of rotatable bonds is 3. The standard InChI is InChI=1S/C17H10BrN3O2S/c18-11-6-7-12-15(8-11)24-17(19-12)20-16(22)13-9-14(23-21-13)10-4-2-1-3-5-10/h1-9H,(H,19,20,22). The molecule has 0 aliphatic carbocycles. The predicted octanol–water partition coefficient (Wildman–Crippen LogP) is 4.97. The van der Waals surface area contributed by atoms with Crippen LogP contribution in [0.3, 0.4) is 0 Å². The van der Waals surface area contributed by atoms with Crippen molar-refractivity contribution >= 4 is 48.5 Å². The van der Waals surface area contributed by atoms with E-state index in [2.05, 4.69) is 31.4 Å². The molecule has 2 aromatic carbocycles. The van der Waals surface area contributed by atoms with E-state index in [0.29, 0.717) is 10.9 Å². The lowest BCUT2D eigenvalue weighted by Gasteiger charge is -1.95. The van der Waals surface area contributed by atoms with Crippen LogP contribution >= 0.6 is 27.3 Å². The third kappa shape index (κ3) is 2.95. The van der Waals surface area contributed by atoms with Crippen molar-refractivity contribution in [3.05, 3.63) is 64.8 Å². The molecule has 1 N–H and O–H groups in total. The number of carbonyl (C=O) groups is 1. The average molecular weight is 400 g/mol. The molecule has 24 heavy (non-hydrogen) atoms. The van der Waals surface area contributed by atoms with Crippen molar-refractivity contribution in [2.45, 2.75) is 0 Å². The fourth-order valence-corrected chi connectivity index (χ4v) is 3.65. The summed E-state index contributed by atoms with van der Waals surface area (Å²) in [5.41, 5.74) is 1.92. The van der Waals surface area contributed by atoms with Gasteiger partial charge in [-0.25, -0.2) is 4.98 Å². The molecule has 0 bridgehead atoms. The van der Waals surface area contributed by atoms with Crippen molar-refractivity contribution in [1.82, 2.24) is 10.1 Å². The van der Waals surface area contributed by atoms with Crippen molar-refractivity contribution < 1.29 is 9.32 Å². The summed E-state index contributed by atoms with van der Waals surface area (Å²) in [4.78, 5) is 16.7. The van der Waals surface area contributed by atoms with Gasteiger partial charge in [0.15, 0.2) is 16.6 Å². The summed E-state index contributed by atoms with van der Waals surface area (Å²) in [7, 11) is 0. The highest BCUT2D eigenvalue weighted by atomic mass is 79.9.